The van der Waals surface area contributed by atoms with Gasteiger partial charge in [-0.15, -0.1) is 0 Å². The highest BCUT2D eigenvalue weighted by molar-refractivity contribution is 6.31. The van der Waals surface area contributed by atoms with Gasteiger partial charge in [-0.25, -0.2) is 4.39 Å². The summed E-state index contributed by atoms with van der Waals surface area (Å²) in [5.74, 6) is 0.0799. The van der Waals surface area contributed by atoms with Gasteiger partial charge in [0, 0.05) is 18.3 Å². The van der Waals surface area contributed by atoms with Gasteiger partial charge in [0.1, 0.15) is 5.82 Å². The van der Waals surface area contributed by atoms with E-state index in [1.54, 1.807) is 26.4 Å². The number of benzene rings is 2. The molecule has 1 amide bonds. The van der Waals surface area contributed by atoms with Crippen LogP contribution in [0.5, 0.6) is 11.5 Å². The molecule has 0 unspecified atom stereocenters. The lowest BCUT2D eigenvalue weighted by Gasteiger charge is -2.28. The topological polar surface area (TPSA) is 79.8 Å². The summed E-state index contributed by atoms with van der Waals surface area (Å²) in [6.07, 6.45) is 2.62. The van der Waals surface area contributed by atoms with Crippen LogP contribution in [-0.4, -0.2) is 37.4 Å². The van der Waals surface area contributed by atoms with E-state index in [0.29, 0.717) is 30.0 Å². The highest BCUT2D eigenvalue weighted by Gasteiger charge is 2.22. The number of amides is 1. The summed E-state index contributed by atoms with van der Waals surface area (Å²) in [6, 6.07) is 8.02. The van der Waals surface area contributed by atoms with Crippen LogP contribution in [0.25, 0.3) is 0 Å². The van der Waals surface area contributed by atoms with Gasteiger partial charge in [-0.1, -0.05) is 17.7 Å². The zero-order valence-electron chi connectivity index (χ0n) is 17.0. The maximum absolute atomic E-state index is 14.1. The smallest absolute Gasteiger partial charge is 0.253 e. The zero-order chi connectivity index (χ0) is 21.7. The maximum atomic E-state index is 14.1. The van der Waals surface area contributed by atoms with Crippen LogP contribution in [0.3, 0.4) is 0 Å². The highest BCUT2D eigenvalue weighted by atomic mass is 35.5. The van der Waals surface area contributed by atoms with E-state index in [0.717, 1.165) is 24.5 Å². The Morgan fingerprint density at radius 1 is 1.13 bits per heavy atom. The van der Waals surface area contributed by atoms with Crippen molar-refractivity contribution in [3.63, 3.8) is 0 Å². The van der Waals surface area contributed by atoms with E-state index < -0.39 is 11.7 Å². The van der Waals surface area contributed by atoms with Gasteiger partial charge in [0.25, 0.3) is 5.91 Å². The number of anilines is 1. The van der Waals surface area contributed by atoms with Gasteiger partial charge >= 0.3 is 0 Å². The summed E-state index contributed by atoms with van der Waals surface area (Å²) in [5.41, 5.74) is 1.47. The third-order valence-corrected chi connectivity index (χ3v) is 5.55. The Bertz CT molecular complexity index is 901. The van der Waals surface area contributed by atoms with Crippen LogP contribution >= 0.6 is 11.6 Å². The number of halogens is 2. The van der Waals surface area contributed by atoms with E-state index in [1.807, 2.05) is 6.07 Å². The lowest BCUT2D eigenvalue weighted by atomic mass is 9.92. The second-order valence-electron chi connectivity index (χ2n) is 7.33. The molecule has 0 bridgehead atoms. The molecule has 0 aromatic heterocycles. The Labute approximate surface area is 180 Å². The predicted molar refractivity (Wildman–Crippen MR) is 114 cm³/mol. The molecule has 30 heavy (non-hydrogen) atoms. The third-order valence-electron chi connectivity index (χ3n) is 5.26. The Hall–Kier alpha value is -2.51. The molecule has 3 rings (SSSR count). The van der Waals surface area contributed by atoms with Gasteiger partial charge in [0.05, 0.1) is 30.9 Å². The monoisotopic (exact) mass is 436 g/mol. The minimum absolute atomic E-state index is 0.0511. The first-order valence-electron chi connectivity index (χ1n) is 9.84. The molecule has 2 aromatic carbocycles. The van der Waals surface area contributed by atoms with Gasteiger partial charge in [0.2, 0.25) is 0 Å². The van der Waals surface area contributed by atoms with Crippen molar-refractivity contribution >= 4 is 23.2 Å². The minimum Gasteiger partial charge on any atom is -0.493 e. The molecule has 0 aliphatic heterocycles. The first-order chi connectivity index (χ1) is 14.4. The zero-order valence-corrected chi connectivity index (χ0v) is 17.8. The van der Waals surface area contributed by atoms with Crippen molar-refractivity contribution in [2.75, 3.05) is 19.5 Å². The summed E-state index contributed by atoms with van der Waals surface area (Å²) < 4.78 is 24.6. The average Bonchev–Trinajstić information content (AvgIpc) is 2.75. The number of methoxy groups -OCH3 is 2. The Balaban J connectivity index is 1.74. The SMILES string of the molecule is COc1ccc(CNC(=O)c2cc(F)c(Cl)cc2N[C@H]2CC[C@H](O)CC2)cc1OC. The molecule has 1 aliphatic carbocycles. The first-order valence-corrected chi connectivity index (χ1v) is 10.2. The van der Waals surface area contributed by atoms with Gasteiger partial charge in [-0.3, -0.25) is 4.79 Å². The molecule has 1 saturated carbocycles. The van der Waals surface area contributed by atoms with E-state index >= 15 is 0 Å². The fourth-order valence-electron chi connectivity index (χ4n) is 3.56. The summed E-state index contributed by atoms with van der Waals surface area (Å²) in [5, 5.41) is 15.7. The number of aliphatic hydroxyl groups excluding tert-OH is 1. The second kappa shape index (κ2) is 10.00. The molecule has 0 heterocycles. The summed E-state index contributed by atoms with van der Waals surface area (Å²) in [6.45, 7) is 0.235. The Morgan fingerprint density at radius 3 is 2.50 bits per heavy atom. The van der Waals surface area contributed by atoms with Crippen LogP contribution in [0.1, 0.15) is 41.6 Å². The summed E-state index contributed by atoms with van der Waals surface area (Å²) >= 11 is 5.95. The summed E-state index contributed by atoms with van der Waals surface area (Å²) in [4.78, 5) is 12.8. The van der Waals surface area contributed by atoms with Crippen molar-refractivity contribution in [1.29, 1.82) is 0 Å². The number of hydrogen-bond donors (Lipinski definition) is 3. The normalized spacial score (nSPS) is 18.6. The number of aliphatic hydroxyl groups is 1. The van der Waals surface area contributed by atoms with Crippen LogP contribution in [0.15, 0.2) is 30.3 Å². The molecule has 1 aliphatic rings. The fraction of sp³-hybridized carbons (Fsp3) is 0.409. The minimum atomic E-state index is -0.655. The van der Waals surface area contributed by atoms with Gasteiger partial charge in [0.15, 0.2) is 11.5 Å². The van der Waals surface area contributed by atoms with Crippen LogP contribution in [0, 0.1) is 5.82 Å². The predicted octanol–water partition coefficient (Wildman–Crippen LogP) is 4.14. The van der Waals surface area contributed by atoms with E-state index in [9.17, 15) is 14.3 Å². The summed E-state index contributed by atoms with van der Waals surface area (Å²) in [7, 11) is 3.09. The average molecular weight is 437 g/mol. The first kappa shape index (κ1) is 22.2. The van der Waals surface area contributed by atoms with Crippen molar-refractivity contribution in [1.82, 2.24) is 5.32 Å². The van der Waals surface area contributed by atoms with Crippen molar-refractivity contribution in [3.05, 3.63) is 52.3 Å². The van der Waals surface area contributed by atoms with Crippen LogP contribution < -0.4 is 20.1 Å². The molecule has 1 fully saturated rings. The Morgan fingerprint density at radius 2 is 1.83 bits per heavy atom. The number of ether oxygens (including phenoxy) is 2. The number of carbonyl (C=O) groups excluding carboxylic acids is 1. The van der Waals surface area contributed by atoms with E-state index in [-0.39, 0.29) is 29.3 Å². The molecule has 0 spiro atoms. The standard InChI is InChI=1S/C22H26ClFN2O4/c1-29-20-8-3-13(9-21(20)30-2)12-25-22(28)16-10-18(24)17(23)11-19(16)26-14-4-6-15(27)7-5-14/h3,8-11,14-15,26-27H,4-7,12H2,1-2H3,(H,25,28)/t14-,15-. The second-order valence-corrected chi connectivity index (χ2v) is 7.74. The highest BCUT2D eigenvalue weighted by Crippen LogP contribution is 2.29. The molecular weight excluding hydrogens is 411 g/mol. The number of nitrogens with one attached hydrogen (secondary N) is 2. The van der Waals surface area contributed by atoms with E-state index in [4.69, 9.17) is 21.1 Å². The molecule has 0 radical (unpaired) electrons. The van der Waals surface area contributed by atoms with Crippen LogP contribution in [0.4, 0.5) is 10.1 Å². The molecule has 8 heteroatoms. The maximum Gasteiger partial charge on any atom is 0.253 e. The molecule has 0 atom stereocenters. The van der Waals surface area contributed by atoms with Crippen LogP contribution in [-0.2, 0) is 6.54 Å². The molecule has 3 N–H and O–H groups in total. The molecule has 2 aromatic rings. The number of hydrogen-bond acceptors (Lipinski definition) is 5. The van der Waals surface area contributed by atoms with E-state index in [1.165, 1.54) is 6.07 Å². The lowest BCUT2D eigenvalue weighted by molar-refractivity contribution is 0.0950. The van der Waals surface area contributed by atoms with Crippen molar-refractivity contribution in [3.8, 4) is 11.5 Å². The van der Waals surface area contributed by atoms with Gasteiger partial charge in [-0.2, -0.15) is 0 Å². The van der Waals surface area contributed by atoms with Crippen LogP contribution in [0.2, 0.25) is 5.02 Å². The third kappa shape index (κ3) is 5.34. The fourth-order valence-corrected chi connectivity index (χ4v) is 3.73. The quantitative estimate of drug-likeness (QED) is 0.607. The number of rotatable bonds is 7. The van der Waals surface area contributed by atoms with Crippen molar-refractivity contribution in [2.24, 2.45) is 0 Å². The van der Waals surface area contributed by atoms with Gasteiger partial charge < -0.3 is 25.2 Å². The molecule has 6 nitrogen and oxygen atoms in total. The molecule has 0 saturated heterocycles. The number of carbonyl (C=O) groups is 1. The molecule has 162 valence electrons. The van der Waals surface area contributed by atoms with E-state index in [2.05, 4.69) is 10.6 Å². The van der Waals surface area contributed by atoms with Crippen molar-refractivity contribution in [2.45, 2.75) is 44.4 Å². The lowest BCUT2D eigenvalue weighted by Crippen LogP contribution is -2.30. The largest absolute Gasteiger partial charge is 0.493 e. The molecular formula is C22H26ClFN2O4. The Kier molecular flexibility index (Phi) is 7.39. The van der Waals surface area contributed by atoms with Crippen molar-refractivity contribution < 1.29 is 23.8 Å². The van der Waals surface area contributed by atoms with Gasteiger partial charge in [-0.05, 0) is 55.5 Å².